The Morgan fingerprint density at radius 1 is 1.12 bits per heavy atom. The Kier molecular flexibility index (Phi) is 4.46. The van der Waals surface area contributed by atoms with E-state index in [1.165, 1.54) is 0 Å². The van der Waals surface area contributed by atoms with Gasteiger partial charge in [-0.2, -0.15) is 0 Å². The lowest BCUT2D eigenvalue weighted by Crippen LogP contribution is -2.27. The van der Waals surface area contributed by atoms with E-state index in [0.717, 1.165) is 0 Å². The predicted octanol–water partition coefficient (Wildman–Crippen LogP) is 2.20. The minimum atomic E-state index is -0.478. The Morgan fingerprint density at radius 3 is 2.24 bits per heavy atom. The van der Waals surface area contributed by atoms with Crippen LogP contribution < -0.4 is 0 Å². The first-order chi connectivity index (χ1) is 8.18. The molecule has 1 aliphatic rings. The maximum absolute atomic E-state index is 11.6. The van der Waals surface area contributed by atoms with E-state index >= 15 is 0 Å². The molecule has 0 N–H and O–H groups in total. The summed E-state index contributed by atoms with van der Waals surface area (Å²) in [5.41, 5.74) is 0.517. The van der Waals surface area contributed by atoms with Crippen molar-refractivity contribution in [2.24, 2.45) is 0 Å². The van der Waals surface area contributed by atoms with Gasteiger partial charge in [0.15, 0.2) is 0 Å². The number of rotatable bonds is 0. The molecule has 0 fully saturated rings. The van der Waals surface area contributed by atoms with Gasteiger partial charge in [0.05, 0.1) is 11.1 Å². The molecule has 1 aromatic carbocycles. The van der Waals surface area contributed by atoms with Gasteiger partial charge < -0.3 is 9.47 Å². The van der Waals surface area contributed by atoms with Crippen LogP contribution in [0.2, 0.25) is 0 Å². The van der Waals surface area contributed by atoms with Crippen LogP contribution in [0.25, 0.3) is 0 Å². The average molecular weight is 234 g/mol. The maximum atomic E-state index is 11.6. The third-order valence-electron chi connectivity index (χ3n) is 2.12. The van der Waals surface area contributed by atoms with E-state index < -0.39 is 18.0 Å². The van der Waals surface area contributed by atoms with Crippen molar-refractivity contribution >= 4 is 11.9 Å². The van der Waals surface area contributed by atoms with Crippen molar-refractivity contribution in [3.63, 3.8) is 0 Å². The minimum absolute atomic E-state index is 0.0961. The molecule has 1 atom stereocenters. The number of esters is 2. The summed E-state index contributed by atoms with van der Waals surface area (Å²) in [5, 5.41) is 0. The lowest BCUT2D eigenvalue weighted by atomic mass is 10.1. The van der Waals surface area contributed by atoms with Crippen LogP contribution in [0.3, 0.4) is 0 Å². The van der Waals surface area contributed by atoms with Gasteiger partial charge in [-0.05, 0) is 19.1 Å². The van der Waals surface area contributed by atoms with Crippen molar-refractivity contribution in [3.8, 4) is 0 Å². The first kappa shape index (κ1) is 13.0. The van der Waals surface area contributed by atoms with Crippen LogP contribution in [0.5, 0.6) is 0 Å². The Bertz CT molecular complexity index is 425. The van der Waals surface area contributed by atoms with Crippen LogP contribution in [0.15, 0.2) is 37.4 Å². The predicted molar refractivity (Wildman–Crippen MR) is 62.9 cm³/mol. The molecule has 2 rings (SSSR count). The second-order valence-corrected chi connectivity index (χ2v) is 3.36. The third-order valence-corrected chi connectivity index (χ3v) is 2.12. The molecule has 0 spiro atoms. The van der Waals surface area contributed by atoms with E-state index in [1.807, 2.05) is 0 Å². The van der Waals surface area contributed by atoms with Crippen LogP contribution in [0.1, 0.15) is 27.6 Å². The highest BCUT2D eigenvalue weighted by Gasteiger charge is 2.24. The summed E-state index contributed by atoms with van der Waals surface area (Å²) in [4.78, 5) is 23.1. The van der Waals surface area contributed by atoms with Gasteiger partial charge >= 0.3 is 11.9 Å². The molecule has 1 unspecified atom stereocenters. The number of cyclic esters (lactones) is 2. The van der Waals surface area contributed by atoms with Crippen molar-refractivity contribution in [2.45, 2.75) is 13.0 Å². The second-order valence-electron chi connectivity index (χ2n) is 3.36. The summed E-state index contributed by atoms with van der Waals surface area (Å²) in [5.74, 6) is -0.955. The Morgan fingerprint density at radius 2 is 1.65 bits per heavy atom. The summed E-state index contributed by atoms with van der Waals surface area (Å²) in [6.45, 7) is 7.78. The molecule has 0 amide bonds. The first-order valence-electron chi connectivity index (χ1n) is 5.15. The van der Waals surface area contributed by atoms with E-state index in [4.69, 9.17) is 9.47 Å². The molecule has 4 heteroatoms. The van der Waals surface area contributed by atoms with Crippen LogP contribution in [0, 0.1) is 0 Å². The fourth-order valence-corrected chi connectivity index (χ4v) is 1.39. The molecule has 0 aliphatic carbocycles. The number of ether oxygens (including phenoxy) is 2. The van der Waals surface area contributed by atoms with Crippen molar-refractivity contribution < 1.29 is 19.1 Å². The van der Waals surface area contributed by atoms with Crippen LogP contribution in [-0.2, 0) is 9.47 Å². The molecule has 1 aliphatic heterocycles. The Labute approximate surface area is 99.8 Å². The normalized spacial score (nSPS) is 18.5. The Balaban J connectivity index is 0.000000686. The zero-order chi connectivity index (χ0) is 12.8. The number of fused-ring (bicyclic) bond motifs is 1. The fraction of sp³-hybridized carbons (Fsp3) is 0.231. The second kappa shape index (κ2) is 5.84. The molecule has 90 valence electrons. The third kappa shape index (κ3) is 2.93. The zero-order valence-electron chi connectivity index (χ0n) is 9.64. The van der Waals surface area contributed by atoms with Crippen molar-refractivity contribution in [3.05, 3.63) is 48.6 Å². The van der Waals surface area contributed by atoms with Gasteiger partial charge in [-0.3, -0.25) is 0 Å². The zero-order valence-corrected chi connectivity index (χ0v) is 9.64. The summed E-state index contributed by atoms with van der Waals surface area (Å²) in [6.07, 6.45) is -0.408. The molecule has 4 nitrogen and oxygen atoms in total. The molecule has 0 aromatic heterocycles. The summed E-state index contributed by atoms with van der Waals surface area (Å²) < 4.78 is 10.0. The van der Waals surface area contributed by atoms with Gasteiger partial charge in [-0.25, -0.2) is 9.59 Å². The van der Waals surface area contributed by atoms with Crippen LogP contribution >= 0.6 is 0 Å². The topological polar surface area (TPSA) is 52.6 Å². The standard InChI is InChI=1S/C11H10O4.C2H4/c1-7-6-14-10(12)8-4-2-3-5-9(8)11(13)15-7;1-2/h2-5,7H,6H2,1H3;1-2H2. The van der Waals surface area contributed by atoms with E-state index in [-0.39, 0.29) is 17.7 Å². The Hall–Kier alpha value is -2.10. The number of carbonyl (C=O) groups is 2. The number of benzene rings is 1. The largest absolute Gasteiger partial charge is 0.458 e. The SMILES string of the molecule is C=C.CC1COC(=O)c2ccccc2C(=O)O1. The summed E-state index contributed by atoms with van der Waals surface area (Å²) in [7, 11) is 0. The van der Waals surface area contributed by atoms with Gasteiger partial charge in [0.25, 0.3) is 0 Å². The van der Waals surface area contributed by atoms with Gasteiger partial charge in [-0.15, -0.1) is 13.2 Å². The first-order valence-corrected chi connectivity index (χ1v) is 5.15. The van der Waals surface area contributed by atoms with Gasteiger partial charge in [0.2, 0.25) is 0 Å². The number of hydrogen-bond acceptors (Lipinski definition) is 4. The molecular formula is C13H14O4. The average Bonchev–Trinajstić information content (AvgIpc) is 2.37. The lowest BCUT2D eigenvalue weighted by Gasteiger charge is -2.18. The highest BCUT2D eigenvalue weighted by molar-refractivity contribution is 6.03. The maximum Gasteiger partial charge on any atom is 0.339 e. The monoisotopic (exact) mass is 234 g/mol. The van der Waals surface area contributed by atoms with Gasteiger partial charge in [0, 0.05) is 0 Å². The van der Waals surface area contributed by atoms with Crippen LogP contribution in [-0.4, -0.2) is 24.6 Å². The molecule has 0 radical (unpaired) electrons. The molecule has 0 saturated heterocycles. The highest BCUT2D eigenvalue weighted by Crippen LogP contribution is 2.15. The van der Waals surface area contributed by atoms with Crippen LogP contribution in [0.4, 0.5) is 0 Å². The van der Waals surface area contributed by atoms with Crippen molar-refractivity contribution in [1.29, 1.82) is 0 Å². The quantitative estimate of drug-likeness (QED) is 0.510. The van der Waals surface area contributed by atoms with E-state index in [0.29, 0.717) is 0 Å². The van der Waals surface area contributed by atoms with E-state index in [1.54, 1.807) is 31.2 Å². The molecule has 1 aromatic rings. The molecule has 17 heavy (non-hydrogen) atoms. The fourth-order valence-electron chi connectivity index (χ4n) is 1.39. The smallest absolute Gasteiger partial charge is 0.339 e. The number of carbonyl (C=O) groups excluding carboxylic acids is 2. The van der Waals surface area contributed by atoms with Crippen molar-refractivity contribution in [1.82, 2.24) is 0 Å². The molecule has 0 bridgehead atoms. The highest BCUT2D eigenvalue weighted by atomic mass is 16.6. The van der Waals surface area contributed by atoms with E-state index in [2.05, 4.69) is 13.2 Å². The van der Waals surface area contributed by atoms with E-state index in [9.17, 15) is 9.59 Å². The summed E-state index contributed by atoms with van der Waals surface area (Å²) >= 11 is 0. The minimum Gasteiger partial charge on any atom is -0.458 e. The number of hydrogen-bond donors (Lipinski definition) is 0. The van der Waals surface area contributed by atoms with Gasteiger partial charge in [-0.1, -0.05) is 12.1 Å². The molecule has 0 saturated carbocycles. The summed E-state index contributed by atoms with van der Waals surface area (Å²) in [6, 6.07) is 6.46. The molecule has 1 heterocycles. The van der Waals surface area contributed by atoms with Gasteiger partial charge in [0.1, 0.15) is 12.7 Å². The van der Waals surface area contributed by atoms with Crippen molar-refractivity contribution in [2.75, 3.05) is 6.61 Å². The lowest BCUT2D eigenvalue weighted by molar-refractivity contribution is 0.000551. The molecular weight excluding hydrogens is 220 g/mol.